The van der Waals surface area contributed by atoms with Gasteiger partial charge in [-0.15, -0.1) is 53.1 Å². The molecule has 6 aromatic rings. The number of benzene rings is 4. The zero-order chi connectivity index (χ0) is 28.5. The molecule has 0 bridgehead atoms. The summed E-state index contributed by atoms with van der Waals surface area (Å²) in [6.07, 6.45) is 3.67. The minimum atomic E-state index is -0.145. The molecule has 0 atom stereocenters. The van der Waals surface area contributed by atoms with Crippen LogP contribution in [0.2, 0.25) is 0 Å². The van der Waals surface area contributed by atoms with Gasteiger partial charge in [0.1, 0.15) is 5.69 Å². The van der Waals surface area contributed by atoms with Gasteiger partial charge in [-0.1, -0.05) is 78.6 Å². The minimum Gasteiger partial charge on any atom is -0.305 e. The Morgan fingerprint density at radius 2 is 1.40 bits per heavy atom. The van der Waals surface area contributed by atoms with Crippen LogP contribution in [-0.4, -0.2) is 16.0 Å². The molecule has 0 N–H and O–H groups in total. The van der Waals surface area contributed by atoms with Gasteiger partial charge in [0.15, 0.2) is 0 Å². The Kier molecular flexibility index (Phi) is 7.80. The summed E-state index contributed by atoms with van der Waals surface area (Å²) >= 11 is 0. The molecule has 43 heavy (non-hydrogen) atoms. The van der Waals surface area contributed by atoms with Gasteiger partial charge in [-0.05, 0) is 22.4 Å². The Morgan fingerprint density at radius 3 is 2.14 bits per heavy atom. The van der Waals surface area contributed by atoms with E-state index in [9.17, 15) is 0 Å². The molecule has 1 aliphatic heterocycles. The van der Waals surface area contributed by atoms with Crippen LogP contribution in [0.25, 0.3) is 22.4 Å². The Labute approximate surface area is 265 Å². The van der Waals surface area contributed by atoms with E-state index in [-0.39, 0.29) is 25.5 Å². The van der Waals surface area contributed by atoms with Crippen molar-refractivity contribution in [2.45, 2.75) is 19.3 Å². The van der Waals surface area contributed by atoms with Crippen molar-refractivity contribution < 1.29 is 20.1 Å². The van der Waals surface area contributed by atoms with E-state index < -0.39 is 0 Å². The Hall–Kier alpha value is -4.79. The van der Waals surface area contributed by atoms with Crippen molar-refractivity contribution in [2.24, 2.45) is 0 Å². The van der Waals surface area contributed by atoms with Crippen molar-refractivity contribution in [1.82, 2.24) is 19.1 Å². The van der Waals surface area contributed by atoms with Crippen LogP contribution in [0.3, 0.4) is 0 Å². The van der Waals surface area contributed by atoms with E-state index in [0.29, 0.717) is 0 Å². The van der Waals surface area contributed by atoms with Crippen LogP contribution < -0.4 is 9.15 Å². The maximum absolute atomic E-state index is 4.69. The maximum atomic E-state index is 4.69. The fourth-order valence-corrected chi connectivity index (χ4v) is 5.68. The molecule has 0 saturated heterocycles. The smallest absolute Gasteiger partial charge is 0.305 e. The largest absolute Gasteiger partial charge is 0.501 e. The summed E-state index contributed by atoms with van der Waals surface area (Å²) in [5, 5.41) is 0. The van der Waals surface area contributed by atoms with Crippen LogP contribution in [0, 0.1) is 12.1 Å². The van der Waals surface area contributed by atoms with E-state index in [1.807, 2.05) is 60.8 Å². The molecule has 0 amide bonds. The first-order valence-corrected chi connectivity index (χ1v) is 14.0. The number of hydrogen-bond acceptors (Lipinski definition) is 2. The van der Waals surface area contributed by atoms with Crippen LogP contribution in [0.15, 0.2) is 134 Å². The van der Waals surface area contributed by atoms with E-state index in [2.05, 4.69) is 113 Å². The van der Waals surface area contributed by atoms with Gasteiger partial charge in [0, 0.05) is 67.9 Å². The first-order valence-electron chi connectivity index (χ1n) is 14.0. The van der Waals surface area contributed by atoms with Crippen molar-refractivity contribution in [3.05, 3.63) is 157 Å². The van der Waals surface area contributed by atoms with Crippen LogP contribution in [0.5, 0.6) is 0 Å². The minimum absolute atomic E-state index is 0. The Balaban J connectivity index is 0.000000213. The molecule has 2 aliphatic rings. The van der Waals surface area contributed by atoms with E-state index in [1.165, 1.54) is 16.7 Å². The molecular formula is C38H28IrN4. The standard InChI is InChI=1S/C27H20N3.C11H8N.Ir/c1-27(2)23-17-20(14-15-21(23)22-11-8-16-28-26(22)27)30-18-29(19-9-4-3-5-10-19)24-12-6-7-13-25(24)30;1-2-6-10(7-3-1)11-8-4-5-9-12-11;/h3-13,15-17H,1-2H3;1-6,8-9H;/q+1;-1;. The quantitative estimate of drug-likeness (QED) is 0.135. The summed E-state index contributed by atoms with van der Waals surface area (Å²) in [5.74, 6) is 0. The van der Waals surface area contributed by atoms with Crippen LogP contribution in [-0.2, 0) is 25.5 Å². The monoisotopic (exact) mass is 733 g/mol. The topological polar surface area (TPSA) is 31.8 Å². The van der Waals surface area contributed by atoms with E-state index in [0.717, 1.165) is 39.7 Å². The zero-order valence-electron chi connectivity index (χ0n) is 23.8. The second-order valence-corrected chi connectivity index (χ2v) is 10.8. The maximum Gasteiger partial charge on any atom is 0.501 e. The second kappa shape index (κ2) is 11.8. The van der Waals surface area contributed by atoms with Gasteiger partial charge < -0.3 is 4.98 Å². The predicted molar refractivity (Wildman–Crippen MR) is 170 cm³/mol. The van der Waals surface area contributed by atoms with Gasteiger partial charge in [-0.25, -0.2) is 0 Å². The third kappa shape index (κ3) is 5.20. The number of hydrogen-bond donors (Lipinski definition) is 0. The molecule has 0 saturated carbocycles. The van der Waals surface area contributed by atoms with Crippen molar-refractivity contribution in [1.29, 1.82) is 0 Å². The Bertz CT molecular complexity index is 1940. The fraction of sp³-hybridized carbons (Fsp3) is 0.0789. The molecule has 209 valence electrons. The van der Waals surface area contributed by atoms with Crippen molar-refractivity contribution in [3.63, 3.8) is 0 Å². The third-order valence-electron chi connectivity index (χ3n) is 7.77. The van der Waals surface area contributed by atoms with E-state index in [1.54, 1.807) is 6.20 Å². The van der Waals surface area contributed by atoms with Crippen LogP contribution in [0.4, 0.5) is 22.7 Å². The number of fused-ring (bicyclic) bond motifs is 4. The Morgan fingerprint density at radius 1 is 0.674 bits per heavy atom. The summed E-state index contributed by atoms with van der Waals surface area (Å²) < 4.78 is 4.22. The molecule has 5 heteroatoms. The van der Waals surface area contributed by atoms with Gasteiger partial charge in [0.05, 0.1) is 0 Å². The van der Waals surface area contributed by atoms with E-state index in [4.69, 9.17) is 4.98 Å². The number of pyridine rings is 2. The van der Waals surface area contributed by atoms with Crippen molar-refractivity contribution >= 4 is 28.8 Å². The molecule has 0 spiro atoms. The molecule has 4 aromatic carbocycles. The molecule has 3 heterocycles. The van der Waals surface area contributed by atoms with Gasteiger partial charge in [-0.3, -0.25) is 4.98 Å². The molecule has 4 nitrogen and oxygen atoms in total. The summed E-state index contributed by atoms with van der Waals surface area (Å²) in [5.41, 5.74) is 11.0. The number of aromatic nitrogens is 2. The van der Waals surface area contributed by atoms with Gasteiger partial charge >= 0.3 is 6.01 Å². The summed E-state index contributed by atoms with van der Waals surface area (Å²) in [6.45, 7) is 4.49. The molecule has 0 fully saturated rings. The second-order valence-electron chi connectivity index (χ2n) is 10.8. The van der Waals surface area contributed by atoms with E-state index >= 15 is 0 Å². The number of nitrogens with zero attached hydrogens (tertiary/aromatic N) is 4. The van der Waals surface area contributed by atoms with Crippen LogP contribution >= 0.6 is 0 Å². The van der Waals surface area contributed by atoms with Gasteiger partial charge in [0.2, 0.25) is 5.69 Å². The molecule has 2 aromatic heterocycles. The van der Waals surface area contributed by atoms with Gasteiger partial charge in [0.25, 0.3) is 11.4 Å². The predicted octanol–water partition coefficient (Wildman–Crippen LogP) is 8.59. The number of rotatable bonds is 3. The van der Waals surface area contributed by atoms with Gasteiger partial charge in [-0.2, -0.15) is 6.07 Å². The third-order valence-corrected chi connectivity index (χ3v) is 7.77. The summed E-state index contributed by atoms with van der Waals surface area (Å²) in [7, 11) is 0. The van der Waals surface area contributed by atoms with Crippen molar-refractivity contribution in [2.75, 3.05) is 0 Å². The summed E-state index contributed by atoms with van der Waals surface area (Å²) in [4.78, 5) is 8.91. The normalized spacial score (nSPS) is 13.3. The van der Waals surface area contributed by atoms with Crippen LogP contribution in [0.1, 0.15) is 25.1 Å². The molecule has 1 radical (unpaired) electrons. The van der Waals surface area contributed by atoms with Crippen molar-refractivity contribution in [3.8, 4) is 22.4 Å². The zero-order valence-corrected chi connectivity index (χ0v) is 26.2. The average Bonchev–Trinajstić information content (AvgIpc) is 3.56. The molecule has 8 rings (SSSR count). The molecular weight excluding hydrogens is 705 g/mol. The summed E-state index contributed by atoms with van der Waals surface area (Å²) in [6, 6.07) is 51.1. The average molecular weight is 733 g/mol. The first-order chi connectivity index (χ1) is 20.6. The number of para-hydroxylation sites is 3. The molecule has 0 unspecified atom stereocenters. The first kappa shape index (κ1) is 28.3. The molecule has 1 aliphatic carbocycles. The fourth-order valence-electron chi connectivity index (χ4n) is 5.68. The SMILES string of the molecule is CC1(C)c2cc([N+]3=C=[N+](c4ccccc4)c4ccccc43)[c-]cc2-c2cccnc21.[Ir].[c-]1ccccc1-c1ccccn1.